The molecule has 3 heteroatoms. The zero-order valence-electron chi connectivity index (χ0n) is 14.9. The quantitative estimate of drug-likeness (QED) is 0.834. The Kier molecular flexibility index (Phi) is 6.08. The molecule has 24 heavy (non-hydrogen) atoms. The van der Waals surface area contributed by atoms with Gasteiger partial charge in [0.25, 0.3) is 0 Å². The topological polar surface area (TPSA) is 32.3 Å². The summed E-state index contributed by atoms with van der Waals surface area (Å²) in [6.45, 7) is 5.94. The summed E-state index contributed by atoms with van der Waals surface area (Å²) in [5, 5.41) is 3.17. The van der Waals surface area contributed by atoms with Crippen molar-refractivity contribution >= 4 is 5.91 Å². The fourth-order valence-corrected chi connectivity index (χ4v) is 3.72. The van der Waals surface area contributed by atoms with Crippen LogP contribution in [0, 0.1) is 12.8 Å². The highest BCUT2D eigenvalue weighted by atomic mass is 16.1. The summed E-state index contributed by atoms with van der Waals surface area (Å²) in [7, 11) is 0. The van der Waals surface area contributed by atoms with E-state index >= 15 is 0 Å². The van der Waals surface area contributed by atoms with Crippen LogP contribution in [0.4, 0.5) is 0 Å². The van der Waals surface area contributed by atoms with Gasteiger partial charge in [0.1, 0.15) is 0 Å². The number of likely N-dealkylation sites (tertiary alicyclic amines) is 1. The molecule has 0 atom stereocenters. The molecule has 0 bridgehead atoms. The molecule has 1 heterocycles. The molecule has 3 rings (SSSR count). The van der Waals surface area contributed by atoms with Gasteiger partial charge < -0.3 is 5.32 Å². The van der Waals surface area contributed by atoms with Gasteiger partial charge in [0, 0.05) is 19.0 Å². The maximum absolute atomic E-state index is 12.4. The molecular formula is C21H30N2O. The maximum Gasteiger partial charge on any atom is 0.223 e. The summed E-state index contributed by atoms with van der Waals surface area (Å²) < 4.78 is 0. The van der Waals surface area contributed by atoms with E-state index < -0.39 is 0 Å². The van der Waals surface area contributed by atoms with Crippen molar-refractivity contribution in [2.24, 2.45) is 5.92 Å². The van der Waals surface area contributed by atoms with Crippen LogP contribution in [0.15, 0.2) is 35.9 Å². The fraction of sp³-hybridized carbons (Fsp3) is 0.571. The first-order chi connectivity index (χ1) is 11.7. The van der Waals surface area contributed by atoms with Gasteiger partial charge in [0.15, 0.2) is 0 Å². The number of nitrogens with one attached hydrogen (secondary N) is 1. The van der Waals surface area contributed by atoms with E-state index in [-0.39, 0.29) is 11.8 Å². The number of hydrogen-bond acceptors (Lipinski definition) is 2. The smallest absolute Gasteiger partial charge is 0.223 e. The van der Waals surface area contributed by atoms with Crippen LogP contribution in [0.5, 0.6) is 0 Å². The number of allylic oxidation sites excluding steroid dienone is 1. The maximum atomic E-state index is 12.4. The lowest BCUT2D eigenvalue weighted by atomic mass is 9.95. The Morgan fingerprint density at radius 2 is 1.92 bits per heavy atom. The predicted molar refractivity (Wildman–Crippen MR) is 98.7 cm³/mol. The van der Waals surface area contributed by atoms with Crippen molar-refractivity contribution < 1.29 is 4.79 Å². The van der Waals surface area contributed by atoms with Gasteiger partial charge in [-0.1, -0.05) is 41.5 Å². The Hall–Kier alpha value is -1.61. The summed E-state index contributed by atoms with van der Waals surface area (Å²) in [4.78, 5) is 14.9. The number of carbonyl (C=O) groups excluding carboxylic acids is 1. The molecule has 1 saturated heterocycles. The summed E-state index contributed by atoms with van der Waals surface area (Å²) in [6, 6.07) is 8.78. The Bertz CT molecular complexity index is 568. The molecule has 2 aliphatic rings. The number of amides is 1. The standard InChI is InChI=1S/C21H30N2O/c1-17-7-9-19(10-8-17)16-23-13-11-20(12-14-23)21(24)22-15-18-5-3-2-4-6-18/h5,7-10,20H,2-4,6,11-16H2,1H3,(H,22,24). The van der Waals surface area contributed by atoms with Crippen molar-refractivity contribution in [1.82, 2.24) is 10.2 Å². The lowest BCUT2D eigenvalue weighted by Crippen LogP contribution is -2.40. The van der Waals surface area contributed by atoms with Crippen molar-refractivity contribution in [3.05, 3.63) is 47.0 Å². The van der Waals surface area contributed by atoms with Crippen molar-refractivity contribution in [2.75, 3.05) is 19.6 Å². The fourth-order valence-electron chi connectivity index (χ4n) is 3.72. The number of hydrogen-bond donors (Lipinski definition) is 1. The molecule has 1 N–H and O–H groups in total. The number of nitrogens with zero attached hydrogens (tertiary/aromatic N) is 1. The summed E-state index contributed by atoms with van der Waals surface area (Å²) in [6.07, 6.45) is 9.20. The van der Waals surface area contributed by atoms with Crippen LogP contribution in [-0.4, -0.2) is 30.4 Å². The third-order valence-corrected chi connectivity index (χ3v) is 5.36. The van der Waals surface area contributed by atoms with Gasteiger partial charge >= 0.3 is 0 Å². The van der Waals surface area contributed by atoms with Crippen LogP contribution in [0.3, 0.4) is 0 Å². The van der Waals surface area contributed by atoms with Crippen molar-refractivity contribution in [1.29, 1.82) is 0 Å². The van der Waals surface area contributed by atoms with E-state index in [1.54, 1.807) is 0 Å². The van der Waals surface area contributed by atoms with E-state index in [2.05, 4.69) is 47.5 Å². The van der Waals surface area contributed by atoms with Gasteiger partial charge in [-0.2, -0.15) is 0 Å². The first kappa shape index (κ1) is 17.2. The third kappa shape index (κ3) is 4.94. The van der Waals surface area contributed by atoms with Gasteiger partial charge in [-0.05, 0) is 64.1 Å². The average molecular weight is 326 g/mol. The number of benzene rings is 1. The second-order valence-electron chi connectivity index (χ2n) is 7.36. The molecule has 0 aromatic heterocycles. The molecule has 1 aliphatic carbocycles. The monoisotopic (exact) mass is 326 g/mol. The van der Waals surface area contributed by atoms with Crippen molar-refractivity contribution in [3.8, 4) is 0 Å². The van der Waals surface area contributed by atoms with Crippen LogP contribution < -0.4 is 5.32 Å². The zero-order chi connectivity index (χ0) is 16.8. The molecule has 0 radical (unpaired) electrons. The highest BCUT2D eigenvalue weighted by molar-refractivity contribution is 5.79. The first-order valence-corrected chi connectivity index (χ1v) is 9.44. The largest absolute Gasteiger partial charge is 0.352 e. The molecule has 0 spiro atoms. The van der Waals surface area contributed by atoms with Crippen molar-refractivity contribution in [3.63, 3.8) is 0 Å². The van der Waals surface area contributed by atoms with Gasteiger partial charge in [-0.25, -0.2) is 0 Å². The second-order valence-corrected chi connectivity index (χ2v) is 7.36. The minimum absolute atomic E-state index is 0.198. The minimum atomic E-state index is 0.198. The van der Waals surface area contributed by atoms with E-state index in [1.165, 1.54) is 36.0 Å². The Morgan fingerprint density at radius 3 is 2.58 bits per heavy atom. The van der Waals surface area contributed by atoms with E-state index in [1.807, 2.05) is 0 Å². The van der Waals surface area contributed by atoms with Crippen LogP contribution in [0.2, 0.25) is 0 Å². The Balaban J connectivity index is 1.40. The first-order valence-electron chi connectivity index (χ1n) is 9.44. The van der Waals surface area contributed by atoms with Gasteiger partial charge in [-0.15, -0.1) is 0 Å². The second kappa shape index (κ2) is 8.48. The lowest BCUT2D eigenvalue weighted by molar-refractivity contribution is -0.126. The molecular weight excluding hydrogens is 296 g/mol. The van der Waals surface area contributed by atoms with E-state index in [4.69, 9.17) is 0 Å². The number of rotatable bonds is 5. The molecule has 1 fully saturated rings. The van der Waals surface area contributed by atoms with E-state index in [0.29, 0.717) is 0 Å². The molecule has 1 aliphatic heterocycles. The molecule has 1 aromatic rings. The summed E-state index contributed by atoms with van der Waals surface area (Å²) in [5.74, 6) is 0.458. The number of carbonyl (C=O) groups is 1. The lowest BCUT2D eigenvalue weighted by Gasteiger charge is -2.31. The molecule has 0 unspecified atom stereocenters. The minimum Gasteiger partial charge on any atom is -0.352 e. The number of piperidine rings is 1. The molecule has 1 aromatic carbocycles. The predicted octanol–water partition coefficient (Wildman–Crippen LogP) is 3.82. The highest BCUT2D eigenvalue weighted by Gasteiger charge is 2.24. The molecule has 130 valence electrons. The molecule has 0 saturated carbocycles. The van der Waals surface area contributed by atoms with Gasteiger partial charge in [0.2, 0.25) is 5.91 Å². The Morgan fingerprint density at radius 1 is 1.17 bits per heavy atom. The molecule has 3 nitrogen and oxygen atoms in total. The number of aryl methyl sites for hydroxylation is 1. The van der Waals surface area contributed by atoms with Crippen LogP contribution in [-0.2, 0) is 11.3 Å². The third-order valence-electron chi connectivity index (χ3n) is 5.36. The summed E-state index contributed by atoms with van der Waals surface area (Å²) >= 11 is 0. The van der Waals surface area contributed by atoms with Gasteiger partial charge in [0.05, 0.1) is 0 Å². The Labute approximate surface area is 146 Å². The van der Waals surface area contributed by atoms with Crippen LogP contribution in [0.1, 0.15) is 49.7 Å². The van der Waals surface area contributed by atoms with E-state index in [9.17, 15) is 4.79 Å². The SMILES string of the molecule is Cc1ccc(CN2CCC(C(=O)NCC3=CCCCC3)CC2)cc1. The molecule has 1 amide bonds. The van der Waals surface area contributed by atoms with Crippen LogP contribution >= 0.6 is 0 Å². The van der Waals surface area contributed by atoms with Crippen molar-refractivity contribution in [2.45, 2.75) is 52.0 Å². The highest BCUT2D eigenvalue weighted by Crippen LogP contribution is 2.20. The van der Waals surface area contributed by atoms with Gasteiger partial charge in [-0.3, -0.25) is 9.69 Å². The summed E-state index contributed by atoms with van der Waals surface area (Å²) in [5.41, 5.74) is 4.10. The average Bonchev–Trinajstić information content (AvgIpc) is 2.63. The van der Waals surface area contributed by atoms with E-state index in [0.717, 1.165) is 45.4 Å². The zero-order valence-corrected chi connectivity index (χ0v) is 14.9. The van der Waals surface area contributed by atoms with Crippen LogP contribution in [0.25, 0.3) is 0 Å². The normalized spacial score (nSPS) is 19.8.